The summed E-state index contributed by atoms with van der Waals surface area (Å²) in [5.41, 5.74) is 11.2. The minimum Gasteiger partial charge on any atom is -0.325 e. The number of nitrogens with two attached hydrogens (primary N) is 1. The predicted octanol–water partition coefficient (Wildman–Crippen LogP) is 1.07. The second-order valence-electron chi connectivity index (χ2n) is 5.35. The Morgan fingerprint density at radius 3 is 3.00 bits per heavy atom. The fourth-order valence-corrected chi connectivity index (χ4v) is 2.59. The molecule has 0 amide bonds. The van der Waals surface area contributed by atoms with Crippen molar-refractivity contribution in [3.63, 3.8) is 0 Å². The zero-order chi connectivity index (χ0) is 15.8. The van der Waals surface area contributed by atoms with Crippen LogP contribution in [-0.4, -0.2) is 24.7 Å². The Bertz CT molecular complexity index is 983. The van der Waals surface area contributed by atoms with Gasteiger partial charge in [-0.2, -0.15) is 10.2 Å². The molecule has 114 valence electrons. The van der Waals surface area contributed by atoms with E-state index < -0.39 is 0 Å². The monoisotopic (exact) mass is 306 g/mol. The summed E-state index contributed by atoms with van der Waals surface area (Å²) in [5.74, 6) is 0. The van der Waals surface area contributed by atoms with Gasteiger partial charge in [-0.15, -0.1) is 4.68 Å². The van der Waals surface area contributed by atoms with Gasteiger partial charge in [0.25, 0.3) is 0 Å². The maximum atomic E-state index is 5.68. The summed E-state index contributed by atoms with van der Waals surface area (Å²) in [6.07, 6.45) is 9.41. The summed E-state index contributed by atoms with van der Waals surface area (Å²) < 4.78 is 3.66. The van der Waals surface area contributed by atoms with Crippen LogP contribution in [0.4, 0.5) is 0 Å². The molecule has 0 aliphatic rings. The number of aryl methyl sites for hydroxylation is 1. The number of fused-ring (bicyclic) bond motifs is 1. The molecule has 0 saturated carbocycles. The number of pyridine rings is 1. The van der Waals surface area contributed by atoms with E-state index in [1.165, 1.54) is 0 Å². The fraction of sp³-hybridized carbons (Fsp3) is 0.125. The minimum absolute atomic E-state index is 0.408. The molecule has 7 heteroatoms. The lowest BCUT2D eigenvalue weighted by Crippen LogP contribution is -2.27. The van der Waals surface area contributed by atoms with E-state index in [0.717, 1.165) is 33.7 Å². The van der Waals surface area contributed by atoms with Crippen LogP contribution in [0, 0.1) is 0 Å². The number of aromatic amines is 1. The van der Waals surface area contributed by atoms with Crippen molar-refractivity contribution < 1.29 is 4.68 Å². The van der Waals surface area contributed by atoms with Gasteiger partial charge < -0.3 is 5.73 Å². The maximum absolute atomic E-state index is 5.68. The van der Waals surface area contributed by atoms with Crippen molar-refractivity contribution in [1.29, 1.82) is 0 Å². The molecule has 4 aromatic rings. The average Bonchev–Trinajstić information content (AvgIpc) is 3.20. The first-order chi connectivity index (χ1) is 11.2. The van der Waals surface area contributed by atoms with E-state index >= 15 is 0 Å². The molecule has 0 saturated heterocycles. The van der Waals surface area contributed by atoms with Gasteiger partial charge in [-0.1, -0.05) is 0 Å². The summed E-state index contributed by atoms with van der Waals surface area (Å²) >= 11 is 0. The maximum Gasteiger partial charge on any atom is 0.204 e. The molecule has 0 aromatic carbocycles. The molecule has 0 fully saturated rings. The van der Waals surface area contributed by atoms with Gasteiger partial charge in [-0.25, -0.2) is 9.50 Å². The molecule has 23 heavy (non-hydrogen) atoms. The predicted molar refractivity (Wildman–Crippen MR) is 85.1 cm³/mol. The van der Waals surface area contributed by atoms with E-state index in [1.54, 1.807) is 10.7 Å². The van der Waals surface area contributed by atoms with E-state index in [-0.39, 0.29) is 0 Å². The van der Waals surface area contributed by atoms with E-state index in [4.69, 9.17) is 10.7 Å². The van der Waals surface area contributed by atoms with Crippen molar-refractivity contribution >= 4 is 5.65 Å². The smallest absolute Gasteiger partial charge is 0.204 e. The van der Waals surface area contributed by atoms with E-state index in [0.29, 0.717) is 6.54 Å². The van der Waals surface area contributed by atoms with Gasteiger partial charge in [0.2, 0.25) is 6.20 Å². The Morgan fingerprint density at radius 2 is 2.22 bits per heavy atom. The van der Waals surface area contributed by atoms with Crippen molar-refractivity contribution in [2.24, 2.45) is 12.8 Å². The first-order valence-electron chi connectivity index (χ1n) is 7.29. The van der Waals surface area contributed by atoms with Crippen LogP contribution in [0.3, 0.4) is 0 Å². The summed E-state index contributed by atoms with van der Waals surface area (Å²) in [6, 6.07) is 5.87. The zero-order valence-corrected chi connectivity index (χ0v) is 12.6. The Labute approximate surface area is 132 Å². The molecule has 0 radical (unpaired) electrons. The summed E-state index contributed by atoms with van der Waals surface area (Å²) in [7, 11) is 1.94. The lowest BCUT2D eigenvalue weighted by atomic mass is 10.1. The molecule has 0 bridgehead atoms. The third-order valence-electron chi connectivity index (χ3n) is 3.76. The number of aromatic nitrogens is 6. The van der Waals surface area contributed by atoms with Crippen LogP contribution >= 0.6 is 0 Å². The van der Waals surface area contributed by atoms with Gasteiger partial charge >= 0.3 is 0 Å². The lowest BCUT2D eigenvalue weighted by molar-refractivity contribution is -0.726. The highest BCUT2D eigenvalue weighted by molar-refractivity contribution is 5.78. The van der Waals surface area contributed by atoms with Crippen LogP contribution in [0.5, 0.6) is 0 Å². The minimum atomic E-state index is 0.408. The molecule has 7 nitrogen and oxygen atoms in total. The van der Waals surface area contributed by atoms with Gasteiger partial charge in [0.05, 0.1) is 29.3 Å². The van der Waals surface area contributed by atoms with Crippen molar-refractivity contribution in [1.82, 2.24) is 24.7 Å². The Hall–Kier alpha value is -3.06. The van der Waals surface area contributed by atoms with E-state index in [9.17, 15) is 0 Å². The Balaban J connectivity index is 1.87. The molecule has 4 aromatic heterocycles. The Morgan fingerprint density at radius 1 is 1.30 bits per heavy atom. The number of nitrogens with one attached hydrogen (secondary N) is 1. The van der Waals surface area contributed by atoms with Gasteiger partial charge in [0.1, 0.15) is 0 Å². The second kappa shape index (κ2) is 5.29. The molecule has 0 spiro atoms. The third kappa shape index (κ3) is 2.36. The van der Waals surface area contributed by atoms with Crippen molar-refractivity contribution in [3.05, 3.63) is 54.9 Å². The van der Waals surface area contributed by atoms with E-state index in [1.807, 2.05) is 54.7 Å². The number of hydrogen-bond donors (Lipinski definition) is 2. The number of H-pyrrole nitrogens is 1. The fourth-order valence-electron chi connectivity index (χ4n) is 2.59. The second-order valence-corrected chi connectivity index (χ2v) is 5.35. The molecular weight excluding hydrogens is 290 g/mol. The molecule has 0 aliphatic carbocycles. The summed E-state index contributed by atoms with van der Waals surface area (Å²) in [6.45, 7) is 0.408. The third-order valence-corrected chi connectivity index (χ3v) is 3.76. The normalized spacial score (nSPS) is 11.2. The standard InChI is InChI=1S/C16H15N7/c1-22-10-12(8-19-22)15-3-5-23-16(21-15)14(9-20-23)11-2-4-18-13(6-11)7-17/h2-6,8-10H,7,17H2,1H3/p+1. The molecule has 3 N–H and O–H groups in total. The highest BCUT2D eigenvalue weighted by Crippen LogP contribution is 2.25. The largest absolute Gasteiger partial charge is 0.325 e. The SMILES string of the molecule is C[n+]1cc(-c2ccn3ncc(-c4ccnc(CN)c4)c3n2)c[nH]1. The average molecular weight is 306 g/mol. The number of hydrogen-bond acceptors (Lipinski definition) is 4. The Kier molecular flexibility index (Phi) is 3.13. The quantitative estimate of drug-likeness (QED) is 0.554. The van der Waals surface area contributed by atoms with Gasteiger partial charge in [-0.3, -0.25) is 4.98 Å². The first-order valence-corrected chi connectivity index (χ1v) is 7.29. The van der Waals surface area contributed by atoms with Crippen LogP contribution < -0.4 is 10.4 Å². The van der Waals surface area contributed by atoms with Crippen LogP contribution in [0.1, 0.15) is 5.69 Å². The molecule has 4 heterocycles. The van der Waals surface area contributed by atoms with Crippen LogP contribution in [0.25, 0.3) is 28.0 Å². The number of rotatable bonds is 3. The van der Waals surface area contributed by atoms with Crippen LogP contribution in [0.2, 0.25) is 0 Å². The van der Waals surface area contributed by atoms with E-state index in [2.05, 4.69) is 15.2 Å². The molecular formula is C16H16N7+. The van der Waals surface area contributed by atoms with Gasteiger partial charge in [0.15, 0.2) is 12.7 Å². The molecule has 4 rings (SSSR count). The molecule has 0 atom stereocenters. The summed E-state index contributed by atoms with van der Waals surface area (Å²) in [4.78, 5) is 9.00. The van der Waals surface area contributed by atoms with Crippen LogP contribution in [-0.2, 0) is 13.6 Å². The van der Waals surface area contributed by atoms with Crippen molar-refractivity contribution in [2.45, 2.75) is 6.54 Å². The number of nitrogens with zero attached hydrogens (tertiary/aromatic N) is 5. The summed E-state index contributed by atoms with van der Waals surface area (Å²) in [5, 5.41) is 7.48. The van der Waals surface area contributed by atoms with Crippen molar-refractivity contribution in [3.8, 4) is 22.4 Å². The lowest BCUT2D eigenvalue weighted by Gasteiger charge is -2.02. The highest BCUT2D eigenvalue weighted by atomic mass is 15.3. The molecule has 0 aliphatic heterocycles. The van der Waals surface area contributed by atoms with Crippen molar-refractivity contribution in [2.75, 3.05) is 0 Å². The highest BCUT2D eigenvalue weighted by Gasteiger charge is 2.12. The van der Waals surface area contributed by atoms with Crippen LogP contribution in [0.15, 0.2) is 49.2 Å². The van der Waals surface area contributed by atoms with Gasteiger partial charge in [-0.05, 0) is 23.8 Å². The topological polar surface area (TPSA) is 88.8 Å². The van der Waals surface area contributed by atoms with Gasteiger partial charge in [0, 0.05) is 24.5 Å². The zero-order valence-electron chi connectivity index (χ0n) is 12.6. The molecule has 0 unspecified atom stereocenters. The first kappa shape index (κ1) is 13.6.